The van der Waals surface area contributed by atoms with Crippen LogP contribution < -0.4 is 0 Å². The second-order valence-corrected chi connectivity index (χ2v) is 9.94. The molecule has 0 radical (unpaired) electrons. The van der Waals surface area contributed by atoms with E-state index in [1.165, 1.54) is 44.5 Å². The van der Waals surface area contributed by atoms with E-state index in [-0.39, 0.29) is 0 Å². The summed E-state index contributed by atoms with van der Waals surface area (Å²) >= 11 is 0. The van der Waals surface area contributed by atoms with Gasteiger partial charge in [-0.1, -0.05) is 115 Å². The van der Waals surface area contributed by atoms with Crippen LogP contribution in [0.15, 0.2) is 146 Å². The van der Waals surface area contributed by atoms with Crippen molar-refractivity contribution in [1.29, 1.82) is 5.26 Å². The molecule has 1 aliphatic rings. The molecule has 2 nitrogen and oxygen atoms in total. The van der Waals surface area contributed by atoms with Crippen molar-refractivity contribution in [2.45, 2.75) is 5.41 Å². The Balaban J connectivity index is 1.57. The Morgan fingerprint density at radius 2 is 1.00 bits per heavy atom. The maximum Gasteiger partial charge on any atom is 0.101 e. The Hall–Kier alpha value is -5.26. The van der Waals surface area contributed by atoms with Gasteiger partial charge < -0.3 is 0 Å². The number of nitrogens with zero attached hydrogens (tertiary/aromatic N) is 2. The summed E-state index contributed by atoms with van der Waals surface area (Å²) in [6.45, 7) is 0. The molecule has 0 fully saturated rings. The van der Waals surface area contributed by atoms with Gasteiger partial charge in [0.15, 0.2) is 0 Å². The van der Waals surface area contributed by atoms with Crippen LogP contribution in [-0.4, -0.2) is 4.98 Å². The molecule has 0 atom stereocenters. The molecular weight excluding hydrogens is 472 g/mol. The number of fused-ring (bicyclic) bond motifs is 3. The summed E-state index contributed by atoms with van der Waals surface area (Å²) in [5.74, 6) is 0. The van der Waals surface area contributed by atoms with E-state index in [1.807, 2.05) is 12.3 Å². The highest BCUT2D eigenvalue weighted by Gasteiger charge is 2.46. The topological polar surface area (TPSA) is 36.7 Å². The Morgan fingerprint density at radius 3 is 1.54 bits per heavy atom. The molecule has 182 valence electrons. The molecule has 0 N–H and O–H groups in total. The van der Waals surface area contributed by atoms with Crippen molar-refractivity contribution in [3.63, 3.8) is 0 Å². The Kier molecular flexibility index (Phi) is 5.43. The summed E-state index contributed by atoms with van der Waals surface area (Å²) in [5.41, 5.74) is 11.9. The molecule has 0 spiro atoms. The van der Waals surface area contributed by atoms with Crippen molar-refractivity contribution >= 4 is 0 Å². The van der Waals surface area contributed by atoms with Gasteiger partial charge in [0.25, 0.3) is 0 Å². The van der Waals surface area contributed by atoms with Gasteiger partial charge in [0.2, 0.25) is 0 Å². The maximum absolute atomic E-state index is 9.49. The van der Waals surface area contributed by atoms with E-state index in [1.54, 1.807) is 6.20 Å². The van der Waals surface area contributed by atoms with Crippen LogP contribution in [0.5, 0.6) is 0 Å². The van der Waals surface area contributed by atoms with E-state index in [9.17, 15) is 5.26 Å². The van der Waals surface area contributed by atoms with Crippen molar-refractivity contribution in [3.05, 3.63) is 174 Å². The number of nitriles is 1. The molecule has 6 aromatic rings. The first-order chi connectivity index (χ1) is 19.3. The Morgan fingerprint density at radius 1 is 0.487 bits per heavy atom. The number of rotatable bonds is 4. The molecule has 39 heavy (non-hydrogen) atoms. The molecule has 0 saturated carbocycles. The minimum absolute atomic E-state index is 0.506. The molecular formula is C37H24N2. The van der Waals surface area contributed by atoms with Crippen molar-refractivity contribution in [2.24, 2.45) is 0 Å². The maximum atomic E-state index is 9.49. The highest BCUT2D eigenvalue weighted by Crippen LogP contribution is 2.57. The lowest BCUT2D eigenvalue weighted by atomic mass is 9.67. The number of pyridine rings is 1. The number of hydrogen-bond donors (Lipinski definition) is 0. The van der Waals surface area contributed by atoms with Crippen LogP contribution in [0.3, 0.4) is 0 Å². The van der Waals surface area contributed by atoms with E-state index in [0.29, 0.717) is 5.56 Å². The zero-order valence-corrected chi connectivity index (χ0v) is 21.3. The van der Waals surface area contributed by atoms with E-state index >= 15 is 0 Å². The minimum atomic E-state index is -0.506. The van der Waals surface area contributed by atoms with Crippen molar-refractivity contribution in [1.82, 2.24) is 4.98 Å². The Labute approximate surface area is 228 Å². The quantitative estimate of drug-likeness (QED) is 0.244. The molecule has 0 unspecified atom stereocenters. The second-order valence-electron chi connectivity index (χ2n) is 9.94. The number of hydrogen-bond acceptors (Lipinski definition) is 2. The van der Waals surface area contributed by atoms with Gasteiger partial charge in [-0.2, -0.15) is 5.26 Å². The van der Waals surface area contributed by atoms with Gasteiger partial charge in [0, 0.05) is 18.0 Å². The van der Waals surface area contributed by atoms with Crippen LogP contribution in [0, 0.1) is 11.3 Å². The first-order valence-corrected chi connectivity index (χ1v) is 13.1. The third kappa shape index (κ3) is 3.60. The first kappa shape index (κ1) is 22.9. The normalized spacial score (nSPS) is 12.8. The van der Waals surface area contributed by atoms with Crippen LogP contribution in [-0.2, 0) is 5.41 Å². The fourth-order valence-electron chi connectivity index (χ4n) is 6.14. The number of aromatic nitrogens is 1. The van der Waals surface area contributed by atoms with Crippen LogP contribution in [0.1, 0.15) is 27.8 Å². The molecule has 0 bridgehead atoms. The SMILES string of the molecule is N#Cc1cncc(-c2ccc3c(c2)C(c2ccccc2)(c2ccccc2)c2cc(-c4ccccc4)ccc2-3)c1. The summed E-state index contributed by atoms with van der Waals surface area (Å²) in [4.78, 5) is 4.34. The average Bonchev–Trinajstić information content (AvgIpc) is 3.32. The van der Waals surface area contributed by atoms with Crippen molar-refractivity contribution in [2.75, 3.05) is 0 Å². The van der Waals surface area contributed by atoms with Gasteiger partial charge in [-0.05, 0) is 68.3 Å². The monoisotopic (exact) mass is 496 g/mol. The third-order valence-corrected chi connectivity index (χ3v) is 7.86. The standard InChI is InChI=1S/C37H24N2/c38-23-26-20-30(25-39-24-26)29-17-19-34-33-18-16-28(27-10-4-1-5-11-27)21-35(33)37(36(34)22-29,31-12-6-2-7-13-31)32-14-8-3-9-15-32/h1-22,24-25H. The predicted molar refractivity (Wildman–Crippen MR) is 157 cm³/mol. The van der Waals surface area contributed by atoms with Crippen LogP contribution in [0.4, 0.5) is 0 Å². The van der Waals surface area contributed by atoms with E-state index < -0.39 is 5.41 Å². The lowest BCUT2D eigenvalue weighted by molar-refractivity contribution is 0.769. The molecule has 0 aliphatic heterocycles. The van der Waals surface area contributed by atoms with Crippen LogP contribution in [0.25, 0.3) is 33.4 Å². The zero-order chi connectivity index (χ0) is 26.2. The highest BCUT2D eigenvalue weighted by molar-refractivity contribution is 5.90. The second kappa shape index (κ2) is 9.24. The highest BCUT2D eigenvalue weighted by atomic mass is 14.6. The lowest BCUT2D eigenvalue weighted by Crippen LogP contribution is -2.28. The molecule has 1 aromatic heterocycles. The zero-order valence-electron chi connectivity index (χ0n) is 21.3. The molecule has 1 heterocycles. The third-order valence-electron chi connectivity index (χ3n) is 7.86. The van der Waals surface area contributed by atoms with Gasteiger partial charge in [-0.3, -0.25) is 4.98 Å². The van der Waals surface area contributed by atoms with Gasteiger partial charge in [0.1, 0.15) is 6.07 Å². The molecule has 1 aliphatic carbocycles. The fourth-order valence-corrected chi connectivity index (χ4v) is 6.14. The van der Waals surface area contributed by atoms with E-state index in [4.69, 9.17) is 0 Å². The summed E-state index contributed by atoms with van der Waals surface area (Å²) in [6, 6.07) is 49.9. The van der Waals surface area contributed by atoms with Gasteiger partial charge in [-0.15, -0.1) is 0 Å². The van der Waals surface area contributed by atoms with Crippen LogP contribution >= 0.6 is 0 Å². The molecule has 0 saturated heterocycles. The van der Waals surface area contributed by atoms with Gasteiger partial charge in [-0.25, -0.2) is 0 Å². The predicted octanol–water partition coefficient (Wildman–Crippen LogP) is 8.65. The van der Waals surface area contributed by atoms with Gasteiger partial charge in [0.05, 0.1) is 11.0 Å². The van der Waals surface area contributed by atoms with Gasteiger partial charge >= 0.3 is 0 Å². The lowest BCUT2D eigenvalue weighted by Gasteiger charge is -2.34. The van der Waals surface area contributed by atoms with Crippen LogP contribution in [0.2, 0.25) is 0 Å². The molecule has 2 heteroatoms. The summed E-state index contributed by atoms with van der Waals surface area (Å²) < 4.78 is 0. The minimum Gasteiger partial charge on any atom is -0.263 e. The average molecular weight is 497 g/mol. The fraction of sp³-hybridized carbons (Fsp3) is 0.0270. The largest absolute Gasteiger partial charge is 0.263 e. The van der Waals surface area contributed by atoms with E-state index in [2.05, 4.69) is 138 Å². The number of benzene rings is 5. The Bertz CT molecular complexity index is 1810. The molecule has 5 aromatic carbocycles. The first-order valence-electron chi connectivity index (χ1n) is 13.1. The van der Waals surface area contributed by atoms with Crippen molar-refractivity contribution in [3.8, 4) is 39.4 Å². The summed E-state index contributed by atoms with van der Waals surface area (Å²) in [7, 11) is 0. The summed E-state index contributed by atoms with van der Waals surface area (Å²) in [6.07, 6.45) is 3.45. The smallest absolute Gasteiger partial charge is 0.101 e. The van der Waals surface area contributed by atoms with Crippen molar-refractivity contribution < 1.29 is 0 Å². The summed E-state index contributed by atoms with van der Waals surface area (Å²) in [5, 5.41) is 9.49. The van der Waals surface area contributed by atoms with E-state index in [0.717, 1.165) is 11.1 Å². The molecule has 0 amide bonds. The molecule has 7 rings (SSSR count).